The number of fused-ring (bicyclic) bond motifs is 1. The molecule has 1 aromatic rings. The maximum Gasteiger partial charge on any atom is 0.0178 e. The highest BCUT2D eigenvalue weighted by Gasteiger charge is 2.23. The Kier molecular flexibility index (Phi) is 4.04. The number of nitrogens with two attached hydrogens (primary N) is 1. The van der Waals surface area contributed by atoms with Crippen LogP contribution in [0.5, 0.6) is 0 Å². The molecule has 0 aliphatic heterocycles. The van der Waals surface area contributed by atoms with Crippen molar-refractivity contribution >= 4 is 15.9 Å². The summed E-state index contributed by atoms with van der Waals surface area (Å²) in [5.74, 6) is 0.689. The Labute approximate surface area is 107 Å². The molecule has 16 heavy (non-hydrogen) atoms. The normalized spacial score (nSPS) is 21.6. The van der Waals surface area contributed by atoms with E-state index in [4.69, 9.17) is 5.73 Å². The predicted octanol–water partition coefficient (Wildman–Crippen LogP) is 3.68. The molecule has 2 N–H and O–H groups in total. The molecule has 1 aromatic carbocycles. The Bertz CT molecular complexity index is 362. The molecule has 2 unspecified atom stereocenters. The van der Waals surface area contributed by atoms with Gasteiger partial charge in [-0.05, 0) is 54.9 Å². The van der Waals surface area contributed by atoms with E-state index in [0.717, 1.165) is 6.42 Å². The zero-order chi connectivity index (χ0) is 11.5. The fourth-order valence-electron chi connectivity index (χ4n) is 2.69. The summed E-state index contributed by atoms with van der Waals surface area (Å²) in [6, 6.07) is 7.05. The van der Waals surface area contributed by atoms with Gasteiger partial charge in [-0.25, -0.2) is 0 Å². The lowest BCUT2D eigenvalue weighted by atomic mass is 9.79. The van der Waals surface area contributed by atoms with Crippen molar-refractivity contribution < 1.29 is 0 Å². The molecule has 1 nitrogen and oxygen atoms in total. The first kappa shape index (κ1) is 12.1. The fourth-order valence-corrected chi connectivity index (χ4v) is 3.09. The molecule has 0 spiro atoms. The van der Waals surface area contributed by atoms with Crippen LogP contribution >= 0.6 is 15.9 Å². The first-order valence-electron chi connectivity index (χ1n) is 6.23. The van der Waals surface area contributed by atoms with Crippen molar-refractivity contribution in [2.75, 3.05) is 0 Å². The molecule has 2 heteroatoms. The summed E-state index contributed by atoms with van der Waals surface area (Å²) in [5, 5.41) is 0. The topological polar surface area (TPSA) is 26.0 Å². The van der Waals surface area contributed by atoms with E-state index < -0.39 is 0 Å². The average molecular weight is 282 g/mol. The summed E-state index contributed by atoms with van der Waals surface area (Å²) in [7, 11) is 0. The molecule has 88 valence electrons. The molecule has 0 aromatic heterocycles. The van der Waals surface area contributed by atoms with Gasteiger partial charge in [-0.1, -0.05) is 35.3 Å². The number of hydrogen-bond donors (Lipinski definition) is 1. The van der Waals surface area contributed by atoms with Crippen LogP contribution in [0.4, 0.5) is 0 Å². The van der Waals surface area contributed by atoms with Gasteiger partial charge >= 0.3 is 0 Å². The van der Waals surface area contributed by atoms with Crippen LogP contribution in [-0.2, 0) is 12.8 Å². The zero-order valence-electron chi connectivity index (χ0n) is 9.88. The highest BCUT2D eigenvalue weighted by Crippen LogP contribution is 2.30. The lowest BCUT2D eigenvalue weighted by Crippen LogP contribution is -2.33. The van der Waals surface area contributed by atoms with Crippen molar-refractivity contribution in [2.24, 2.45) is 11.7 Å². The molecule has 0 amide bonds. The van der Waals surface area contributed by atoms with Crippen LogP contribution in [0.1, 0.15) is 37.3 Å². The minimum atomic E-state index is 0.391. The van der Waals surface area contributed by atoms with Gasteiger partial charge in [0, 0.05) is 10.5 Å². The molecular weight excluding hydrogens is 262 g/mol. The van der Waals surface area contributed by atoms with Crippen LogP contribution in [0.3, 0.4) is 0 Å². The largest absolute Gasteiger partial charge is 0.327 e. The third kappa shape index (κ3) is 2.67. The highest BCUT2D eigenvalue weighted by atomic mass is 79.9. The van der Waals surface area contributed by atoms with Crippen molar-refractivity contribution in [3.05, 3.63) is 33.8 Å². The molecule has 2 atom stereocenters. The van der Waals surface area contributed by atoms with Gasteiger partial charge in [0.1, 0.15) is 0 Å². The molecule has 0 fully saturated rings. The van der Waals surface area contributed by atoms with E-state index in [-0.39, 0.29) is 0 Å². The van der Waals surface area contributed by atoms with Crippen molar-refractivity contribution in [3.8, 4) is 0 Å². The van der Waals surface area contributed by atoms with E-state index in [9.17, 15) is 0 Å². The van der Waals surface area contributed by atoms with Gasteiger partial charge in [0.05, 0.1) is 0 Å². The maximum absolute atomic E-state index is 6.24. The summed E-state index contributed by atoms with van der Waals surface area (Å²) < 4.78 is 1.20. The van der Waals surface area contributed by atoms with E-state index in [0.29, 0.717) is 12.0 Å². The van der Waals surface area contributed by atoms with E-state index >= 15 is 0 Å². The Morgan fingerprint density at radius 3 is 3.00 bits per heavy atom. The lowest BCUT2D eigenvalue weighted by molar-refractivity contribution is 0.357. The monoisotopic (exact) mass is 281 g/mol. The first-order chi connectivity index (χ1) is 7.70. The molecule has 1 aliphatic carbocycles. The average Bonchev–Trinajstić information content (AvgIpc) is 2.28. The Morgan fingerprint density at radius 2 is 2.25 bits per heavy atom. The molecular formula is C14H20BrN. The molecule has 0 saturated carbocycles. The first-order valence-corrected chi connectivity index (χ1v) is 7.03. The minimum Gasteiger partial charge on any atom is -0.327 e. The van der Waals surface area contributed by atoms with E-state index in [1.54, 1.807) is 0 Å². The third-order valence-electron chi connectivity index (χ3n) is 3.66. The standard InChI is InChI=1S/C14H20BrN/c1-2-3-14(16)12-5-4-11-9-13(15)7-6-10(11)8-12/h6-7,9,12,14H,2-5,8,16H2,1H3. The van der Waals surface area contributed by atoms with Crippen LogP contribution in [0.2, 0.25) is 0 Å². The zero-order valence-corrected chi connectivity index (χ0v) is 11.5. The van der Waals surface area contributed by atoms with Gasteiger partial charge in [0.15, 0.2) is 0 Å². The van der Waals surface area contributed by atoms with Crippen LogP contribution in [0.25, 0.3) is 0 Å². The maximum atomic E-state index is 6.24. The van der Waals surface area contributed by atoms with Gasteiger partial charge in [0.2, 0.25) is 0 Å². The SMILES string of the molecule is CCCC(N)C1CCc2cc(Br)ccc2C1. The van der Waals surface area contributed by atoms with Crippen LogP contribution in [0, 0.1) is 5.92 Å². The summed E-state index contributed by atoms with van der Waals surface area (Å²) in [5.41, 5.74) is 9.25. The lowest BCUT2D eigenvalue weighted by Gasteiger charge is -2.29. The molecule has 0 bridgehead atoms. The van der Waals surface area contributed by atoms with Crippen LogP contribution in [-0.4, -0.2) is 6.04 Å². The number of hydrogen-bond acceptors (Lipinski definition) is 1. The molecule has 1 aliphatic rings. The number of halogens is 1. The Balaban J connectivity index is 2.09. The van der Waals surface area contributed by atoms with Crippen LogP contribution in [0.15, 0.2) is 22.7 Å². The third-order valence-corrected chi connectivity index (χ3v) is 4.16. The Hall–Kier alpha value is -0.340. The number of rotatable bonds is 3. The quantitative estimate of drug-likeness (QED) is 0.899. The van der Waals surface area contributed by atoms with Gasteiger partial charge in [-0.3, -0.25) is 0 Å². The second-order valence-electron chi connectivity index (χ2n) is 4.87. The summed E-state index contributed by atoms with van der Waals surface area (Å²) in [6.45, 7) is 2.22. The van der Waals surface area contributed by atoms with Gasteiger partial charge in [0.25, 0.3) is 0 Å². The summed E-state index contributed by atoms with van der Waals surface area (Å²) in [4.78, 5) is 0. The van der Waals surface area contributed by atoms with E-state index in [1.165, 1.54) is 41.3 Å². The second-order valence-corrected chi connectivity index (χ2v) is 5.78. The van der Waals surface area contributed by atoms with Crippen molar-refractivity contribution in [2.45, 2.75) is 45.1 Å². The Morgan fingerprint density at radius 1 is 1.44 bits per heavy atom. The van der Waals surface area contributed by atoms with Gasteiger partial charge in [-0.2, -0.15) is 0 Å². The second kappa shape index (κ2) is 5.33. The van der Waals surface area contributed by atoms with Crippen LogP contribution < -0.4 is 5.73 Å². The van der Waals surface area contributed by atoms with Crippen molar-refractivity contribution in [1.82, 2.24) is 0 Å². The molecule has 0 saturated heterocycles. The number of aryl methyl sites for hydroxylation is 1. The van der Waals surface area contributed by atoms with Gasteiger partial charge in [-0.15, -0.1) is 0 Å². The summed E-state index contributed by atoms with van der Waals surface area (Å²) >= 11 is 3.53. The summed E-state index contributed by atoms with van der Waals surface area (Å²) in [6.07, 6.45) is 5.98. The molecule has 2 rings (SSSR count). The molecule has 0 heterocycles. The molecule has 0 radical (unpaired) electrons. The number of benzene rings is 1. The minimum absolute atomic E-state index is 0.391. The van der Waals surface area contributed by atoms with Crippen molar-refractivity contribution in [1.29, 1.82) is 0 Å². The van der Waals surface area contributed by atoms with Gasteiger partial charge < -0.3 is 5.73 Å². The predicted molar refractivity (Wildman–Crippen MR) is 72.5 cm³/mol. The van der Waals surface area contributed by atoms with E-state index in [1.807, 2.05) is 0 Å². The highest BCUT2D eigenvalue weighted by molar-refractivity contribution is 9.10. The van der Waals surface area contributed by atoms with Crippen molar-refractivity contribution in [3.63, 3.8) is 0 Å². The van der Waals surface area contributed by atoms with E-state index in [2.05, 4.69) is 41.1 Å². The smallest absolute Gasteiger partial charge is 0.0178 e. The fraction of sp³-hybridized carbons (Fsp3) is 0.571.